The summed E-state index contributed by atoms with van der Waals surface area (Å²) in [6, 6.07) is 22.7. The molecule has 0 saturated carbocycles. The molecule has 1 aromatic heterocycles. The molecule has 32 heavy (non-hydrogen) atoms. The van der Waals surface area contributed by atoms with Crippen molar-refractivity contribution < 1.29 is 14.3 Å². The van der Waals surface area contributed by atoms with E-state index in [4.69, 9.17) is 19.5 Å². The van der Waals surface area contributed by atoms with Gasteiger partial charge in [-0.25, -0.2) is 9.98 Å². The van der Waals surface area contributed by atoms with Crippen LogP contribution in [0, 0.1) is 5.92 Å². The molecule has 0 aliphatic carbocycles. The number of para-hydroxylation sites is 2. The van der Waals surface area contributed by atoms with Gasteiger partial charge in [-0.3, -0.25) is 9.36 Å². The number of nitrogens with zero attached hydrogens (tertiary/aromatic N) is 3. The molecule has 0 saturated heterocycles. The maximum absolute atomic E-state index is 13.8. The van der Waals surface area contributed by atoms with Crippen LogP contribution < -0.4 is 9.47 Å². The first-order valence-corrected chi connectivity index (χ1v) is 10.5. The Morgan fingerprint density at radius 1 is 0.906 bits per heavy atom. The van der Waals surface area contributed by atoms with Crippen molar-refractivity contribution in [1.29, 1.82) is 0 Å². The molecular weight excluding hydrogens is 402 g/mol. The number of methoxy groups -OCH3 is 2. The summed E-state index contributed by atoms with van der Waals surface area (Å²) in [4.78, 5) is 23.3. The Bertz CT molecular complexity index is 1340. The number of aliphatic imine (C=N–C) groups is 1. The lowest BCUT2D eigenvalue weighted by Crippen LogP contribution is -2.35. The van der Waals surface area contributed by atoms with Crippen molar-refractivity contribution in [3.05, 3.63) is 83.9 Å². The molecule has 2 atom stereocenters. The number of hydrogen-bond acceptors (Lipinski definition) is 5. The molecule has 0 bridgehead atoms. The van der Waals surface area contributed by atoms with E-state index in [0.717, 1.165) is 22.3 Å². The zero-order chi connectivity index (χ0) is 22.2. The van der Waals surface area contributed by atoms with E-state index in [1.165, 1.54) is 0 Å². The number of carbonyl (C=O) groups is 1. The number of imidazole rings is 1. The zero-order valence-electron chi connectivity index (χ0n) is 18.1. The Hall–Kier alpha value is -3.93. The summed E-state index contributed by atoms with van der Waals surface area (Å²) in [5.74, 6) is 1.39. The lowest BCUT2D eigenvalue weighted by Gasteiger charge is -2.32. The van der Waals surface area contributed by atoms with Crippen molar-refractivity contribution in [2.45, 2.75) is 13.0 Å². The second-order valence-electron chi connectivity index (χ2n) is 7.79. The fourth-order valence-electron chi connectivity index (χ4n) is 4.48. The van der Waals surface area contributed by atoms with Crippen LogP contribution in [0.15, 0.2) is 77.8 Å². The van der Waals surface area contributed by atoms with Crippen LogP contribution in [-0.2, 0) is 0 Å². The van der Waals surface area contributed by atoms with Crippen LogP contribution in [0.25, 0.3) is 11.0 Å². The standard InChI is InChI=1S/C26H23N3O3/c1-16-23(25(30)17-9-5-4-6-10-17)24(18-13-14-21(31-2)22(15-18)32-3)29-20-12-8-7-11-19(20)28-26(29)27-16/h4-15,23-24H,1-3H3. The average Bonchev–Trinajstić information content (AvgIpc) is 3.20. The van der Waals surface area contributed by atoms with Crippen LogP contribution in [0.4, 0.5) is 5.95 Å². The summed E-state index contributed by atoms with van der Waals surface area (Å²) in [7, 11) is 3.22. The third-order valence-corrected chi connectivity index (χ3v) is 5.99. The van der Waals surface area contributed by atoms with Gasteiger partial charge in [0, 0.05) is 11.3 Å². The van der Waals surface area contributed by atoms with Gasteiger partial charge in [-0.2, -0.15) is 0 Å². The van der Waals surface area contributed by atoms with Crippen molar-refractivity contribution in [3.8, 4) is 11.5 Å². The Morgan fingerprint density at radius 2 is 1.62 bits per heavy atom. The minimum Gasteiger partial charge on any atom is -0.493 e. The second-order valence-corrected chi connectivity index (χ2v) is 7.79. The van der Waals surface area contributed by atoms with Crippen molar-refractivity contribution in [2.24, 2.45) is 10.9 Å². The normalized spacial score (nSPS) is 17.5. The van der Waals surface area contributed by atoms with Gasteiger partial charge in [0.1, 0.15) is 0 Å². The minimum absolute atomic E-state index is 0.0232. The summed E-state index contributed by atoms with van der Waals surface area (Å²) in [5.41, 5.74) is 4.10. The number of aromatic nitrogens is 2. The average molecular weight is 425 g/mol. The number of ketones is 1. The third kappa shape index (κ3) is 3.15. The molecule has 1 aliphatic rings. The number of carbonyl (C=O) groups excluding carboxylic acids is 1. The van der Waals surface area contributed by atoms with E-state index in [0.29, 0.717) is 23.0 Å². The van der Waals surface area contributed by atoms with Gasteiger partial charge >= 0.3 is 0 Å². The van der Waals surface area contributed by atoms with Crippen molar-refractivity contribution in [3.63, 3.8) is 0 Å². The Morgan fingerprint density at radius 3 is 2.38 bits per heavy atom. The molecular formula is C26H23N3O3. The highest BCUT2D eigenvalue weighted by molar-refractivity contribution is 6.13. The fourth-order valence-corrected chi connectivity index (χ4v) is 4.48. The van der Waals surface area contributed by atoms with Crippen molar-refractivity contribution in [2.75, 3.05) is 14.2 Å². The highest BCUT2D eigenvalue weighted by Crippen LogP contribution is 2.42. The lowest BCUT2D eigenvalue weighted by atomic mass is 9.82. The maximum atomic E-state index is 13.8. The van der Waals surface area contributed by atoms with E-state index in [2.05, 4.69) is 4.57 Å². The van der Waals surface area contributed by atoms with Gasteiger partial charge in [-0.05, 0) is 36.8 Å². The van der Waals surface area contributed by atoms with E-state index in [9.17, 15) is 4.79 Å². The van der Waals surface area contributed by atoms with E-state index >= 15 is 0 Å². The smallest absolute Gasteiger partial charge is 0.231 e. The van der Waals surface area contributed by atoms with Gasteiger partial charge in [0.25, 0.3) is 0 Å². The predicted octanol–water partition coefficient (Wildman–Crippen LogP) is 5.25. The first-order chi connectivity index (χ1) is 15.6. The molecule has 0 N–H and O–H groups in total. The molecule has 4 aromatic rings. The molecule has 3 aromatic carbocycles. The molecule has 6 nitrogen and oxygen atoms in total. The second kappa shape index (κ2) is 7.96. The predicted molar refractivity (Wildman–Crippen MR) is 124 cm³/mol. The molecule has 2 unspecified atom stereocenters. The zero-order valence-corrected chi connectivity index (χ0v) is 18.1. The van der Waals surface area contributed by atoms with Crippen LogP contribution >= 0.6 is 0 Å². The molecule has 0 amide bonds. The topological polar surface area (TPSA) is 65.7 Å². The minimum atomic E-state index is -0.486. The van der Waals surface area contributed by atoms with Gasteiger partial charge in [0.15, 0.2) is 17.3 Å². The molecule has 0 fully saturated rings. The summed E-state index contributed by atoms with van der Waals surface area (Å²) in [6.45, 7) is 1.90. The summed E-state index contributed by atoms with van der Waals surface area (Å²) >= 11 is 0. The third-order valence-electron chi connectivity index (χ3n) is 5.99. The molecule has 160 valence electrons. The monoisotopic (exact) mass is 425 g/mol. The van der Waals surface area contributed by atoms with E-state index in [1.807, 2.05) is 79.7 Å². The number of benzene rings is 3. The number of hydrogen-bond donors (Lipinski definition) is 0. The largest absolute Gasteiger partial charge is 0.493 e. The maximum Gasteiger partial charge on any atom is 0.231 e. The molecule has 6 heteroatoms. The lowest BCUT2D eigenvalue weighted by molar-refractivity contribution is 0.0933. The molecule has 2 heterocycles. The van der Waals surface area contributed by atoms with E-state index in [-0.39, 0.29) is 11.8 Å². The van der Waals surface area contributed by atoms with Crippen LogP contribution in [0.1, 0.15) is 28.9 Å². The van der Waals surface area contributed by atoms with Gasteiger partial charge in [-0.15, -0.1) is 0 Å². The fraction of sp³-hybridized carbons (Fsp3) is 0.192. The summed E-state index contributed by atoms with van der Waals surface area (Å²) in [6.07, 6.45) is 0. The van der Waals surface area contributed by atoms with E-state index < -0.39 is 5.92 Å². The first-order valence-electron chi connectivity index (χ1n) is 10.5. The SMILES string of the molecule is COc1ccc(C2C(C(=O)c3ccccc3)C(C)=Nc3nc4ccccc4n32)cc1OC. The quantitative estimate of drug-likeness (QED) is 0.410. The number of rotatable bonds is 5. The van der Waals surface area contributed by atoms with Crippen molar-refractivity contribution >= 4 is 28.5 Å². The Kier molecular flexibility index (Phi) is 4.98. The van der Waals surface area contributed by atoms with Crippen molar-refractivity contribution in [1.82, 2.24) is 9.55 Å². The van der Waals surface area contributed by atoms with Crippen LogP contribution in [0.2, 0.25) is 0 Å². The molecule has 0 radical (unpaired) electrons. The molecule has 0 spiro atoms. The highest BCUT2D eigenvalue weighted by atomic mass is 16.5. The summed E-state index contributed by atoms with van der Waals surface area (Å²) < 4.78 is 13.1. The van der Waals surface area contributed by atoms with Crippen LogP contribution in [-0.4, -0.2) is 35.3 Å². The number of fused-ring (bicyclic) bond motifs is 3. The van der Waals surface area contributed by atoms with E-state index in [1.54, 1.807) is 14.2 Å². The van der Waals surface area contributed by atoms with Gasteiger partial charge in [-0.1, -0.05) is 48.5 Å². The molecule has 1 aliphatic heterocycles. The Balaban J connectivity index is 1.76. The van der Waals surface area contributed by atoms with Crippen LogP contribution in [0.3, 0.4) is 0 Å². The summed E-state index contributed by atoms with van der Waals surface area (Å²) in [5, 5.41) is 0. The van der Waals surface area contributed by atoms with Gasteiger partial charge < -0.3 is 9.47 Å². The number of ether oxygens (including phenoxy) is 2. The van der Waals surface area contributed by atoms with Gasteiger partial charge in [0.2, 0.25) is 5.95 Å². The molecule has 5 rings (SSSR count). The van der Waals surface area contributed by atoms with Crippen LogP contribution in [0.5, 0.6) is 11.5 Å². The first kappa shape index (κ1) is 20.0. The highest BCUT2D eigenvalue weighted by Gasteiger charge is 2.39. The number of Topliss-reactive ketones (excluding diaryl/α,β-unsaturated/α-hetero) is 1. The van der Waals surface area contributed by atoms with Gasteiger partial charge in [0.05, 0.1) is 37.2 Å². The Labute approximate surface area is 186 Å².